The molecule has 0 radical (unpaired) electrons. The SMILES string of the molecule is O=C(C1OCCc2ccccc21)N1CC2CN(c3ccc(F)cn3)CC2C1. The van der Waals surface area contributed by atoms with Gasteiger partial charge in [0.1, 0.15) is 11.6 Å². The maximum Gasteiger partial charge on any atom is 0.256 e. The second-order valence-corrected chi connectivity index (χ2v) is 7.70. The van der Waals surface area contributed by atoms with Crippen molar-refractivity contribution in [2.24, 2.45) is 11.8 Å². The monoisotopic (exact) mass is 367 g/mol. The Morgan fingerprint density at radius 3 is 2.59 bits per heavy atom. The average Bonchev–Trinajstić information content (AvgIpc) is 3.27. The first kappa shape index (κ1) is 16.7. The summed E-state index contributed by atoms with van der Waals surface area (Å²) >= 11 is 0. The Kier molecular flexibility index (Phi) is 4.08. The molecule has 3 aliphatic rings. The van der Waals surface area contributed by atoms with E-state index in [9.17, 15) is 9.18 Å². The number of carbonyl (C=O) groups excluding carboxylic acids is 1. The van der Waals surface area contributed by atoms with Crippen LogP contribution in [-0.2, 0) is 16.0 Å². The van der Waals surface area contributed by atoms with E-state index in [1.807, 2.05) is 23.1 Å². The number of halogens is 1. The molecule has 0 aliphatic carbocycles. The van der Waals surface area contributed by atoms with E-state index in [1.165, 1.54) is 17.8 Å². The van der Waals surface area contributed by atoms with Crippen molar-refractivity contribution < 1.29 is 13.9 Å². The third-order valence-corrected chi connectivity index (χ3v) is 6.05. The number of hydrogen-bond acceptors (Lipinski definition) is 4. The largest absolute Gasteiger partial charge is 0.363 e. The number of benzene rings is 1. The first-order valence-electron chi connectivity index (χ1n) is 9.54. The van der Waals surface area contributed by atoms with Crippen LogP contribution in [0.25, 0.3) is 0 Å². The molecule has 0 bridgehead atoms. The lowest BCUT2D eigenvalue weighted by Crippen LogP contribution is -2.38. The van der Waals surface area contributed by atoms with Crippen LogP contribution in [0.3, 0.4) is 0 Å². The van der Waals surface area contributed by atoms with Crippen molar-refractivity contribution in [3.05, 3.63) is 59.5 Å². The molecule has 3 aliphatic heterocycles. The van der Waals surface area contributed by atoms with Crippen LogP contribution in [0, 0.1) is 17.7 Å². The van der Waals surface area contributed by atoms with Gasteiger partial charge in [0.25, 0.3) is 5.91 Å². The second kappa shape index (κ2) is 6.60. The molecule has 6 heteroatoms. The molecule has 1 amide bonds. The van der Waals surface area contributed by atoms with Gasteiger partial charge in [0, 0.05) is 38.0 Å². The lowest BCUT2D eigenvalue weighted by Gasteiger charge is -2.29. The fourth-order valence-corrected chi connectivity index (χ4v) is 4.68. The predicted molar refractivity (Wildman–Crippen MR) is 98.8 cm³/mol. The highest BCUT2D eigenvalue weighted by molar-refractivity contribution is 5.83. The van der Waals surface area contributed by atoms with Gasteiger partial charge < -0.3 is 14.5 Å². The first-order chi connectivity index (χ1) is 13.2. The molecule has 2 aromatic rings. The minimum absolute atomic E-state index is 0.0861. The number of nitrogens with zero attached hydrogens (tertiary/aromatic N) is 3. The minimum atomic E-state index is -0.469. The number of hydrogen-bond donors (Lipinski definition) is 0. The van der Waals surface area contributed by atoms with Gasteiger partial charge in [-0.3, -0.25) is 4.79 Å². The first-order valence-corrected chi connectivity index (χ1v) is 9.54. The van der Waals surface area contributed by atoms with Crippen molar-refractivity contribution in [2.45, 2.75) is 12.5 Å². The Hall–Kier alpha value is -2.47. The number of fused-ring (bicyclic) bond motifs is 2. The molecule has 2 saturated heterocycles. The molecule has 3 atom stereocenters. The predicted octanol–water partition coefficient (Wildman–Crippen LogP) is 2.43. The molecular formula is C21H22FN3O2. The molecule has 3 unspecified atom stereocenters. The maximum atomic E-state index is 13.1. The standard InChI is InChI=1S/C21H22FN3O2/c22-17-5-6-19(23-9-17)24-10-15-12-25(13-16(15)11-24)21(26)20-18-4-2-1-3-14(18)7-8-27-20/h1-6,9,15-16,20H,7-8,10-13H2. The lowest BCUT2D eigenvalue weighted by atomic mass is 9.97. The molecular weight excluding hydrogens is 345 g/mol. The Labute approximate surface area is 157 Å². The van der Waals surface area contributed by atoms with Crippen molar-refractivity contribution in [1.82, 2.24) is 9.88 Å². The molecule has 2 fully saturated rings. The number of rotatable bonds is 2. The highest BCUT2D eigenvalue weighted by atomic mass is 19.1. The van der Waals surface area contributed by atoms with Crippen LogP contribution in [0.5, 0.6) is 0 Å². The topological polar surface area (TPSA) is 45.7 Å². The molecule has 0 spiro atoms. The summed E-state index contributed by atoms with van der Waals surface area (Å²) in [6.07, 6.45) is 1.66. The second-order valence-electron chi connectivity index (χ2n) is 7.70. The Morgan fingerprint density at radius 2 is 1.85 bits per heavy atom. The lowest BCUT2D eigenvalue weighted by molar-refractivity contribution is -0.144. The summed E-state index contributed by atoms with van der Waals surface area (Å²) < 4.78 is 18.9. The fraction of sp³-hybridized carbons (Fsp3) is 0.429. The van der Waals surface area contributed by atoms with Gasteiger partial charge in [-0.1, -0.05) is 24.3 Å². The molecule has 5 nitrogen and oxygen atoms in total. The normalized spacial score (nSPS) is 26.8. The third-order valence-electron chi connectivity index (χ3n) is 6.05. The van der Waals surface area contributed by atoms with E-state index < -0.39 is 6.10 Å². The molecule has 4 heterocycles. The van der Waals surface area contributed by atoms with Gasteiger partial charge in [-0.25, -0.2) is 9.37 Å². The molecule has 140 valence electrons. The quantitative estimate of drug-likeness (QED) is 0.818. The number of ether oxygens (including phenoxy) is 1. The molecule has 0 N–H and O–H groups in total. The fourth-order valence-electron chi connectivity index (χ4n) is 4.68. The number of aromatic nitrogens is 1. The van der Waals surface area contributed by atoms with Crippen molar-refractivity contribution in [3.8, 4) is 0 Å². The van der Waals surface area contributed by atoms with Gasteiger partial charge in [-0.2, -0.15) is 0 Å². The summed E-state index contributed by atoms with van der Waals surface area (Å²) in [6, 6.07) is 11.3. The van der Waals surface area contributed by atoms with Gasteiger partial charge in [-0.05, 0) is 29.7 Å². The van der Waals surface area contributed by atoms with E-state index in [0.29, 0.717) is 18.4 Å². The van der Waals surface area contributed by atoms with Crippen LogP contribution in [-0.4, -0.2) is 48.6 Å². The van der Waals surface area contributed by atoms with Crippen LogP contribution in [0.1, 0.15) is 17.2 Å². The van der Waals surface area contributed by atoms with Gasteiger partial charge in [0.2, 0.25) is 0 Å². The van der Waals surface area contributed by atoms with Crippen molar-refractivity contribution in [3.63, 3.8) is 0 Å². The van der Waals surface area contributed by atoms with E-state index in [2.05, 4.69) is 16.0 Å². The molecule has 0 saturated carbocycles. The number of anilines is 1. The highest BCUT2D eigenvalue weighted by Crippen LogP contribution is 2.36. The van der Waals surface area contributed by atoms with Gasteiger partial charge in [0.05, 0.1) is 12.8 Å². The van der Waals surface area contributed by atoms with Gasteiger partial charge >= 0.3 is 0 Å². The van der Waals surface area contributed by atoms with E-state index >= 15 is 0 Å². The number of amides is 1. The smallest absolute Gasteiger partial charge is 0.256 e. The van der Waals surface area contributed by atoms with E-state index in [0.717, 1.165) is 44.0 Å². The van der Waals surface area contributed by atoms with Crippen molar-refractivity contribution >= 4 is 11.7 Å². The average molecular weight is 367 g/mol. The van der Waals surface area contributed by atoms with E-state index in [4.69, 9.17) is 4.74 Å². The minimum Gasteiger partial charge on any atom is -0.363 e. The summed E-state index contributed by atoms with van der Waals surface area (Å²) in [6.45, 7) is 3.81. The van der Waals surface area contributed by atoms with Crippen molar-refractivity contribution in [1.29, 1.82) is 0 Å². The highest BCUT2D eigenvalue weighted by Gasteiger charge is 2.44. The summed E-state index contributed by atoms with van der Waals surface area (Å²) in [7, 11) is 0. The Morgan fingerprint density at radius 1 is 1.07 bits per heavy atom. The number of likely N-dealkylation sites (tertiary alicyclic amines) is 1. The summed E-state index contributed by atoms with van der Waals surface area (Å²) in [5.74, 6) is 1.44. The van der Waals surface area contributed by atoms with Crippen LogP contribution < -0.4 is 4.90 Å². The van der Waals surface area contributed by atoms with Crippen LogP contribution in [0.4, 0.5) is 10.2 Å². The summed E-state index contributed by atoms with van der Waals surface area (Å²) in [5.41, 5.74) is 2.23. The van der Waals surface area contributed by atoms with Crippen LogP contribution in [0.2, 0.25) is 0 Å². The zero-order chi connectivity index (χ0) is 18.4. The Bertz CT molecular complexity index is 843. The summed E-state index contributed by atoms with van der Waals surface area (Å²) in [4.78, 5) is 21.5. The number of carbonyl (C=O) groups is 1. The van der Waals surface area contributed by atoms with Gasteiger partial charge in [-0.15, -0.1) is 0 Å². The van der Waals surface area contributed by atoms with E-state index in [1.54, 1.807) is 6.07 Å². The molecule has 27 heavy (non-hydrogen) atoms. The van der Waals surface area contributed by atoms with Gasteiger partial charge in [0.15, 0.2) is 6.10 Å². The molecule has 5 rings (SSSR count). The Balaban J connectivity index is 1.27. The molecule has 1 aromatic heterocycles. The van der Waals surface area contributed by atoms with E-state index in [-0.39, 0.29) is 11.7 Å². The van der Waals surface area contributed by atoms with Crippen LogP contribution in [0.15, 0.2) is 42.6 Å². The van der Waals surface area contributed by atoms with Crippen molar-refractivity contribution in [2.75, 3.05) is 37.7 Å². The zero-order valence-corrected chi connectivity index (χ0v) is 15.1. The van der Waals surface area contributed by atoms with Crippen LogP contribution >= 0.6 is 0 Å². The maximum absolute atomic E-state index is 13.1. The molecule has 1 aromatic carbocycles. The summed E-state index contributed by atoms with van der Waals surface area (Å²) in [5, 5.41) is 0. The third kappa shape index (κ3) is 2.98. The number of pyridine rings is 1. The zero-order valence-electron chi connectivity index (χ0n) is 15.1.